The zero-order valence-corrected chi connectivity index (χ0v) is 19.5. The summed E-state index contributed by atoms with van der Waals surface area (Å²) in [6.45, 7) is 3.99. The number of aromatic nitrogens is 2. The highest BCUT2D eigenvalue weighted by Crippen LogP contribution is 2.32. The predicted octanol–water partition coefficient (Wildman–Crippen LogP) is 5.38. The van der Waals surface area contributed by atoms with Crippen molar-refractivity contribution in [3.05, 3.63) is 71.8 Å². The van der Waals surface area contributed by atoms with Gasteiger partial charge in [-0.1, -0.05) is 32.4 Å². The molecule has 2 heterocycles. The first-order chi connectivity index (χ1) is 16.5. The highest BCUT2D eigenvalue weighted by atomic mass is 16.5. The Morgan fingerprint density at radius 3 is 2.59 bits per heavy atom. The van der Waals surface area contributed by atoms with Crippen molar-refractivity contribution in [2.24, 2.45) is 0 Å². The Kier molecular flexibility index (Phi) is 7.21. The number of carbonyl (C=O) groups excluding carboxylic acids is 1. The van der Waals surface area contributed by atoms with Crippen LogP contribution in [0.2, 0.25) is 0 Å². The number of aliphatic carboxylic acids is 1. The molecule has 0 radical (unpaired) electrons. The Labute approximate surface area is 198 Å². The van der Waals surface area contributed by atoms with Crippen molar-refractivity contribution in [3.8, 4) is 11.6 Å². The van der Waals surface area contributed by atoms with Gasteiger partial charge in [-0.2, -0.15) is 0 Å². The highest BCUT2D eigenvalue weighted by molar-refractivity contribution is 5.98. The van der Waals surface area contributed by atoms with Crippen molar-refractivity contribution < 1.29 is 19.4 Å². The average Bonchev–Trinajstić information content (AvgIpc) is 3.19. The number of nitrogens with zero attached hydrogens (tertiary/aromatic N) is 2. The maximum absolute atomic E-state index is 12.2. The van der Waals surface area contributed by atoms with E-state index in [4.69, 9.17) is 4.74 Å². The van der Waals surface area contributed by atoms with E-state index < -0.39 is 12.0 Å². The Morgan fingerprint density at radius 2 is 1.88 bits per heavy atom. The van der Waals surface area contributed by atoms with Crippen molar-refractivity contribution in [2.75, 3.05) is 0 Å². The zero-order valence-electron chi connectivity index (χ0n) is 19.5. The maximum atomic E-state index is 12.2. The third kappa shape index (κ3) is 4.93. The number of benzene rings is 1. The summed E-state index contributed by atoms with van der Waals surface area (Å²) >= 11 is 0. The molecular formula is C27H29N3O4. The number of ketones is 1. The molecule has 176 valence electrons. The summed E-state index contributed by atoms with van der Waals surface area (Å²) in [6, 6.07) is 10.4. The lowest BCUT2D eigenvalue weighted by Gasteiger charge is -2.26. The number of Topliss-reactive ketones (excluding diaryl/α,β-unsaturated/α-hetero) is 1. The van der Waals surface area contributed by atoms with Crippen LogP contribution >= 0.6 is 0 Å². The molecule has 2 unspecified atom stereocenters. The van der Waals surface area contributed by atoms with E-state index in [2.05, 4.69) is 15.3 Å². The van der Waals surface area contributed by atoms with E-state index in [1.165, 1.54) is 0 Å². The van der Waals surface area contributed by atoms with Crippen molar-refractivity contribution in [1.29, 1.82) is 0 Å². The van der Waals surface area contributed by atoms with Gasteiger partial charge in [0, 0.05) is 42.2 Å². The molecule has 1 aliphatic rings. The van der Waals surface area contributed by atoms with Crippen LogP contribution in [0.15, 0.2) is 66.3 Å². The van der Waals surface area contributed by atoms with Crippen LogP contribution in [0.5, 0.6) is 11.6 Å². The van der Waals surface area contributed by atoms with Gasteiger partial charge in [-0.3, -0.25) is 9.78 Å². The van der Waals surface area contributed by atoms with E-state index in [0.717, 1.165) is 34.0 Å². The number of hydrogen-bond donors (Lipinski definition) is 2. The second-order valence-corrected chi connectivity index (χ2v) is 8.49. The van der Waals surface area contributed by atoms with E-state index in [9.17, 15) is 14.7 Å². The summed E-state index contributed by atoms with van der Waals surface area (Å²) in [6.07, 6.45) is 8.32. The van der Waals surface area contributed by atoms with Crippen LogP contribution in [-0.2, 0) is 9.59 Å². The first-order valence-electron chi connectivity index (χ1n) is 11.7. The van der Waals surface area contributed by atoms with Gasteiger partial charge in [-0.25, -0.2) is 9.78 Å². The molecule has 0 bridgehead atoms. The number of carboxylic acid groups (broad SMARTS) is 1. The lowest BCUT2D eigenvalue weighted by Crippen LogP contribution is -2.41. The molecule has 34 heavy (non-hydrogen) atoms. The molecule has 0 saturated heterocycles. The molecule has 7 nitrogen and oxygen atoms in total. The summed E-state index contributed by atoms with van der Waals surface area (Å²) in [7, 11) is 0. The van der Waals surface area contributed by atoms with Crippen LogP contribution in [0.1, 0.15) is 57.4 Å². The van der Waals surface area contributed by atoms with Gasteiger partial charge in [0.25, 0.3) is 0 Å². The van der Waals surface area contributed by atoms with Gasteiger partial charge in [0.1, 0.15) is 11.8 Å². The Balaban J connectivity index is 1.55. The molecule has 0 saturated carbocycles. The molecule has 1 aromatic carbocycles. The fraction of sp³-hybridized carbons (Fsp3) is 0.333. The molecule has 3 aromatic rings. The SMILES string of the molecule is CCCC1=C(NC(C(=O)O)C(CC)c2ccc(Oc3nccc4ccncc34)cc2)CCC1=O. The summed E-state index contributed by atoms with van der Waals surface area (Å²) in [5.41, 5.74) is 2.43. The number of allylic oxidation sites excluding steroid dienone is 2. The Morgan fingerprint density at radius 1 is 1.12 bits per heavy atom. The van der Waals surface area contributed by atoms with E-state index in [1.807, 2.05) is 50.2 Å². The van der Waals surface area contributed by atoms with Crippen LogP contribution in [0, 0.1) is 0 Å². The summed E-state index contributed by atoms with van der Waals surface area (Å²) in [5.74, 6) is 0.00787. The van der Waals surface area contributed by atoms with E-state index in [1.54, 1.807) is 18.6 Å². The number of fused-ring (bicyclic) bond motifs is 1. The minimum atomic E-state index is -0.928. The standard InChI is InChI=1S/C27H29N3O4/c1-3-5-21-23(10-11-24(21)31)30-25(27(32)33)20(4-2)17-6-8-19(9-7-17)34-26-22-16-28-14-12-18(22)13-15-29-26/h6-9,12-16,20,25,30H,3-5,10-11H2,1-2H3,(H,32,33). The highest BCUT2D eigenvalue weighted by Gasteiger charge is 2.32. The number of hydrogen-bond acceptors (Lipinski definition) is 6. The van der Waals surface area contributed by atoms with E-state index >= 15 is 0 Å². The molecule has 2 aromatic heterocycles. The molecule has 1 aliphatic carbocycles. The average molecular weight is 460 g/mol. The molecule has 4 rings (SSSR count). The fourth-order valence-corrected chi connectivity index (χ4v) is 4.55. The molecule has 0 amide bonds. The number of rotatable bonds is 10. The molecule has 7 heteroatoms. The van der Waals surface area contributed by atoms with Crippen LogP contribution in [0.4, 0.5) is 0 Å². The minimum Gasteiger partial charge on any atom is -0.480 e. The first kappa shape index (κ1) is 23.4. The molecular weight excluding hydrogens is 430 g/mol. The van der Waals surface area contributed by atoms with Gasteiger partial charge in [0.05, 0.1) is 5.39 Å². The number of carbonyl (C=O) groups is 2. The molecule has 2 atom stereocenters. The number of nitrogens with one attached hydrogen (secondary N) is 1. The second kappa shape index (κ2) is 10.5. The molecule has 0 spiro atoms. The van der Waals surface area contributed by atoms with Crippen molar-refractivity contribution in [1.82, 2.24) is 15.3 Å². The van der Waals surface area contributed by atoms with Crippen LogP contribution in [0.25, 0.3) is 10.8 Å². The van der Waals surface area contributed by atoms with Crippen LogP contribution in [-0.4, -0.2) is 32.9 Å². The number of pyridine rings is 2. The van der Waals surface area contributed by atoms with Gasteiger partial charge < -0.3 is 15.2 Å². The zero-order chi connectivity index (χ0) is 24.1. The summed E-state index contributed by atoms with van der Waals surface area (Å²) < 4.78 is 6.00. The predicted molar refractivity (Wildman–Crippen MR) is 130 cm³/mol. The minimum absolute atomic E-state index is 0.125. The summed E-state index contributed by atoms with van der Waals surface area (Å²) in [5, 5.41) is 15.0. The lowest BCUT2D eigenvalue weighted by atomic mass is 9.88. The quantitative estimate of drug-likeness (QED) is 0.420. The van der Waals surface area contributed by atoms with E-state index in [-0.39, 0.29) is 11.7 Å². The molecule has 0 fully saturated rings. The molecule has 0 aliphatic heterocycles. The van der Waals surface area contributed by atoms with Gasteiger partial charge >= 0.3 is 5.97 Å². The van der Waals surface area contributed by atoms with Crippen LogP contribution in [0.3, 0.4) is 0 Å². The smallest absolute Gasteiger partial charge is 0.326 e. The topological polar surface area (TPSA) is 101 Å². The van der Waals surface area contributed by atoms with Gasteiger partial charge in [-0.05, 0) is 54.5 Å². The monoisotopic (exact) mass is 459 g/mol. The molecule has 2 N–H and O–H groups in total. The Bertz CT molecular complexity index is 1210. The fourth-order valence-electron chi connectivity index (χ4n) is 4.55. The summed E-state index contributed by atoms with van der Waals surface area (Å²) in [4.78, 5) is 33.0. The number of ether oxygens (including phenoxy) is 1. The number of carboxylic acids is 1. The van der Waals surface area contributed by atoms with E-state index in [0.29, 0.717) is 37.3 Å². The second-order valence-electron chi connectivity index (χ2n) is 8.49. The maximum Gasteiger partial charge on any atom is 0.326 e. The van der Waals surface area contributed by atoms with Crippen molar-refractivity contribution >= 4 is 22.5 Å². The van der Waals surface area contributed by atoms with Crippen molar-refractivity contribution in [3.63, 3.8) is 0 Å². The third-order valence-corrected chi connectivity index (χ3v) is 6.29. The lowest BCUT2D eigenvalue weighted by molar-refractivity contribution is -0.140. The largest absolute Gasteiger partial charge is 0.480 e. The van der Waals surface area contributed by atoms with Gasteiger partial charge in [0.2, 0.25) is 5.88 Å². The normalized spacial score (nSPS) is 15.4. The third-order valence-electron chi connectivity index (χ3n) is 6.29. The van der Waals surface area contributed by atoms with Crippen LogP contribution < -0.4 is 10.1 Å². The van der Waals surface area contributed by atoms with Gasteiger partial charge in [0.15, 0.2) is 5.78 Å². The first-order valence-corrected chi connectivity index (χ1v) is 11.7. The van der Waals surface area contributed by atoms with Crippen molar-refractivity contribution in [2.45, 2.75) is 57.9 Å². The van der Waals surface area contributed by atoms with Gasteiger partial charge in [-0.15, -0.1) is 0 Å². The Hall–Kier alpha value is -3.74.